The molecule has 1 atom stereocenters. The number of amides is 1. The van der Waals surface area contributed by atoms with Crippen LogP contribution in [-0.2, 0) is 0 Å². The molecule has 0 spiro atoms. The molecule has 1 aromatic heterocycles. The van der Waals surface area contributed by atoms with Crippen LogP contribution in [0.3, 0.4) is 0 Å². The molecule has 1 heterocycles. The van der Waals surface area contributed by atoms with Gasteiger partial charge in [0.2, 0.25) is 0 Å². The van der Waals surface area contributed by atoms with Crippen molar-refractivity contribution in [2.24, 2.45) is 5.73 Å². The average Bonchev–Trinajstić information content (AvgIpc) is 2.60. The standard InChI is InChI=1S/C9H13N3O2S/c1-3-6(8(10)15)11-9(13)7-4-5(2)14-12-7/h4,6H,3H2,1-2H3,(H2,10,15)(H,11,13). The van der Waals surface area contributed by atoms with Crippen molar-refractivity contribution in [3.05, 3.63) is 17.5 Å². The van der Waals surface area contributed by atoms with E-state index in [0.29, 0.717) is 12.2 Å². The van der Waals surface area contributed by atoms with E-state index in [4.69, 9.17) is 22.5 Å². The molecule has 0 aliphatic rings. The minimum atomic E-state index is -0.327. The lowest BCUT2D eigenvalue weighted by molar-refractivity contribution is 0.0937. The van der Waals surface area contributed by atoms with Crippen molar-refractivity contribution in [1.29, 1.82) is 0 Å². The van der Waals surface area contributed by atoms with Crippen LogP contribution in [0.4, 0.5) is 0 Å². The molecule has 6 heteroatoms. The van der Waals surface area contributed by atoms with Gasteiger partial charge in [0.05, 0.1) is 11.0 Å². The van der Waals surface area contributed by atoms with E-state index in [1.807, 2.05) is 6.92 Å². The molecule has 0 bridgehead atoms. The van der Waals surface area contributed by atoms with E-state index in [2.05, 4.69) is 10.5 Å². The summed E-state index contributed by atoms with van der Waals surface area (Å²) < 4.78 is 4.79. The van der Waals surface area contributed by atoms with Crippen molar-refractivity contribution >= 4 is 23.1 Å². The molecule has 82 valence electrons. The van der Waals surface area contributed by atoms with Gasteiger partial charge in [0.1, 0.15) is 5.76 Å². The van der Waals surface area contributed by atoms with Gasteiger partial charge in [-0.2, -0.15) is 0 Å². The number of carbonyl (C=O) groups is 1. The molecule has 5 nitrogen and oxygen atoms in total. The molecule has 1 amide bonds. The molecule has 0 fully saturated rings. The van der Waals surface area contributed by atoms with Gasteiger partial charge in [0.25, 0.3) is 5.91 Å². The van der Waals surface area contributed by atoms with Crippen LogP contribution in [0.25, 0.3) is 0 Å². The molecular weight excluding hydrogens is 214 g/mol. The van der Waals surface area contributed by atoms with E-state index in [-0.39, 0.29) is 22.6 Å². The predicted molar refractivity (Wildman–Crippen MR) is 59.6 cm³/mol. The Bertz CT molecular complexity index is 375. The summed E-state index contributed by atoms with van der Waals surface area (Å²) in [6.07, 6.45) is 0.651. The third-order valence-corrected chi connectivity index (χ3v) is 2.20. The largest absolute Gasteiger partial charge is 0.392 e. The first-order chi connectivity index (χ1) is 7.04. The van der Waals surface area contributed by atoms with Gasteiger partial charge in [0.15, 0.2) is 5.69 Å². The highest BCUT2D eigenvalue weighted by atomic mass is 32.1. The molecule has 3 N–H and O–H groups in total. The molecule has 0 aromatic carbocycles. The van der Waals surface area contributed by atoms with Gasteiger partial charge in [-0.1, -0.05) is 24.3 Å². The van der Waals surface area contributed by atoms with Gasteiger partial charge in [-0.3, -0.25) is 4.79 Å². The molecule has 0 saturated heterocycles. The fourth-order valence-corrected chi connectivity index (χ4v) is 1.31. The Morgan fingerprint density at radius 2 is 2.47 bits per heavy atom. The topological polar surface area (TPSA) is 81.2 Å². The smallest absolute Gasteiger partial charge is 0.274 e. The van der Waals surface area contributed by atoms with Crippen LogP contribution < -0.4 is 11.1 Å². The summed E-state index contributed by atoms with van der Waals surface area (Å²) in [6, 6.07) is 1.26. The number of rotatable bonds is 4. The van der Waals surface area contributed by atoms with Crippen LogP contribution in [0, 0.1) is 6.92 Å². The maximum atomic E-state index is 11.6. The number of hydrogen-bond acceptors (Lipinski definition) is 4. The lowest BCUT2D eigenvalue weighted by Crippen LogP contribution is -2.43. The summed E-state index contributed by atoms with van der Waals surface area (Å²) in [5, 5.41) is 6.26. The van der Waals surface area contributed by atoms with E-state index in [9.17, 15) is 4.79 Å². The molecule has 0 radical (unpaired) electrons. The number of thiocarbonyl (C=S) groups is 1. The Morgan fingerprint density at radius 1 is 1.80 bits per heavy atom. The molecule has 0 saturated carbocycles. The number of hydrogen-bond donors (Lipinski definition) is 2. The normalized spacial score (nSPS) is 12.1. The summed E-state index contributed by atoms with van der Waals surface area (Å²) in [6.45, 7) is 3.60. The Morgan fingerprint density at radius 3 is 2.87 bits per heavy atom. The Balaban J connectivity index is 2.66. The minimum absolute atomic E-state index is 0.238. The van der Waals surface area contributed by atoms with Crippen LogP contribution in [0.1, 0.15) is 29.6 Å². The Labute approximate surface area is 93.0 Å². The third kappa shape index (κ3) is 3.02. The Kier molecular flexibility index (Phi) is 3.79. The van der Waals surface area contributed by atoms with E-state index in [1.165, 1.54) is 0 Å². The molecule has 0 aliphatic heterocycles. The van der Waals surface area contributed by atoms with Gasteiger partial charge >= 0.3 is 0 Å². The monoisotopic (exact) mass is 227 g/mol. The summed E-state index contributed by atoms with van der Waals surface area (Å²) in [5.74, 6) is 0.259. The van der Waals surface area contributed by atoms with Crippen LogP contribution in [0.5, 0.6) is 0 Å². The van der Waals surface area contributed by atoms with E-state index in [0.717, 1.165) is 0 Å². The van der Waals surface area contributed by atoms with Crippen LogP contribution >= 0.6 is 12.2 Å². The summed E-state index contributed by atoms with van der Waals surface area (Å²) in [5.41, 5.74) is 5.69. The first kappa shape index (κ1) is 11.6. The zero-order valence-corrected chi connectivity index (χ0v) is 9.43. The van der Waals surface area contributed by atoms with E-state index >= 15 is 0 Å². The van der Waals surface area contributed by atoms with Crippen LogP contribution in [-0.4, -0.2) is 22.1 Å². The van der Waals surface area contributed by atoms with Gasteiger partial charge in [0, 0.05) is 6.07 Å². The van der Waals surface area contributed by atoms with Gasteiger partial charge in [-0.25, -0.2) is 0 Å². The maximum absolute atomic E-state index is 11.6. The molecule has 15 heavy (non-hydrogen) atoms. The third-order valence-electron chi connectivity index (χ3n) is 1.92. The fourth-order valence-electron chi connectivity index (χ4n) is 1.08. The molecule has 1 aromatic rings. The second-order valence-electron chi connectivity index (χ2n) is 3.16. The Hall–Kier alpha value is -1.43. The number of nitrogens with zero attached hydrogens (tertiary/aromatic N) is 1. The number of aryl methyl sites for hydroxylation is 1. The first-order valence-electron chi connectivity index (χ1n) is 4.58. The summed E-state index contributed by atoms with van der Waals surface area (Å²) in [7, 11) is 0. The van der Waals surface area contributed by atoms with E-state index in [1.54, 1.807) is 13.0 Å². The average molecular weight is 227 g/mol. The van der Waals surface area contributed by atoms with Crippen molar-refractivity contribution < 1.29 is 9.32 Å². The lowest BCUT2D eigenvalue weighted by Gasteiger charge is -2.13. The minimum Gasteiger partial charge on any atom is -0.392 e. The number of nitrogens with two attached hydrogens (primary N) is 1. The van der Waals surface area contributed by atoms with Crippen molar-refractivity contribution in [2.75, 3.05) is 0 Å². The second-order valence-corrected chi connectivity index (χ2v) is 3.63. The molecule has 1 unspecified atom stereocenters. The highest BCUT2D eigenvalue weighted by Gasteiger charge is 2.16. The predicted octanol–water partition coefficient (Wildman–Crippen LogP) is 0.778. The van der Waals surface area contributed by atoms with Gasteiger partial charge < -0.3 is 15.6 Å². The maximum Gasteiger partial charge on any atom is 0.274 e. The van der Waals surface area contributed by atoms with Crippen molar-refractivity contribution in [2.45, 2.75) is 26.3 Å². The van der Waals surface area contributed by atoms with Crippen LogP contribution in [0.2, 0.25) is 0 Å². The van der Waals surface area contributed by atoms with Gasteiger partial charge in [-0.05, 0) is 13.3 Å². The lowest BCUT2D eigenvalue weighted by atomic mass is 10.2. The van der Waals surface area contributed by atoms with Crippen molar-refractivity contribution in [1.82, 2.24) is 10.5 Å². The fraction of sp³-hybridized carbons (Fsp3) is 0.444. The van der Waals surface area contributed by atoms with Crippen molar-refractivity contribution in [3.63, 3.8) is 0 Å². The SMILES string of the molecule is CCC(NC(=O)c1cc(C)on1)C(N)=S. The quantitative estimate of drug-likeness (QED) is 0.743. The van der Waals surface area contributed by atoms with Crippen LogP contribution in [0.15, 0.2) is 10.6 Å². The van der Waals surface area contributed by atoms with Gasteiger partial charge in [-0.15, -0.1) is 0 Å². The number of carbonyl (C=O) groups excluding carboxylic acids is 1. The highest BCUT2D eigenvalue weighted by Crippen LogP contribution is 2.02. The molecular formula is C9H13N3O2S. The highest BCUT2D eigenvalue weighted by molar-refractivity contribution is 7.80. The molecule has 1 rings (SSSR count). The number of nitrogens with one attached hydrogen (secondary N) is 1. The summed E-state index contributed by atoms with van der Waals surface area (Å²) in [4.78, 5) is 11.9. The summed E-state index contributed by atoms with van der Waals surface area (Å²) >= 11 is 4.81. The van der Waals surface area contributed by atoms with Crippen molar-refractivity contribution in [3.8, 4) is 0 Å². The number of aromatic nitrogens is 1. The molecule has 0 aliphatic carbocycles. The zero-order chi connectivity index (χ0) is 11.4. The zero-order valence-electron chi connectivity index (χ0n) is 8.61. The first-order valence-corrected chi connectivity index (χ1v) is 4.99. The van der Waals surface area contributed by atoms with E-state index < -0.39 is 0 Å². The second kappa shape index (κ2) is 4.88.